The summed E-state index contributed by atoms with van der Waals surface area (Å²) < 4.78 is 5.47. The summed E-state index contributed by atoms with van der Waals surface area (Å²) in [7, 11) is 0. The third-order valence-electron chi connectivity index (χ3n) is 7.40. The van der Waals surface area contributed by atoms with Crippen molar-refractivity contribution in [3.8, 4) is 11.1 Å². The Kier molecular flexibility index (Phi) is 10.0. The van der Waals surface area contributed by atoms with Gasteiger partial charge in [0.2, 0.25) is 5.91 Å². The lowest BCUT2D eigenvalue weighted by Crippen LogP contribution is -2.46. The van der Waals surface area contributed by atoms with Crippen LogP contribution in [0.5, 0.6) is 0 Å². The van der Waals surface area contributed by atoms with Gasteiger partial charge in [-0.2, -0.15) is 0 Å². The second-order valence-electron chi connectivity index (χ2n) is 10.2. The maximum absolute atomic E-state index is 13.4. The fraction of sp³-hybridized carbons (Fsp3) is 0.375. The van der Waals surface area contributed by atoms with Crippen molar-refractivity contribution in [3.63, 3.8) is 0 Å². The number of nitrogens with one attached hydrogen (secondary N) is 1. The highest BCUT2D eigenvalue weighted by atomic mass is 16.6. The molecule has 0 fully saturated rings. The number of nitro groups is 1. The summed E-state index contributed by atoms with van der Waals surface area (Å²) in [5, 5.41) is 25.1. The number of hydrogen-bond acceptors (Lipinski definition) is 6. The van der Waals surface area contributed by atoms with Gasteiger partial charge in [0.15, 0.2) is 6.04 Å². The molecule has 0 heterocycles. The Morgan fingerprint density at radius 3 is 2.20 bits per heavy atom. The van der Waals surface area contributed by atoms with E-state index in [9.17, 15) is 24.8 Å². The molecule has 0 radical (unpaired) electrons. The number of amides is 1. The first-order valence-corrected chi connectivity index (χ1v) is 14.0. The Hall–Kier alpha value is -4.04. The molecule has 0 unspecified atom stereocenters. The summed E-state index contributed by atoms with van der Waals surface area (Å²) >= 11 is 0. The van der Waals surface area contributed by atoms with Crippen molar-refractivity contribution < 1.29 is 24.4 Å². The quantitative estimate of drug-likeness (QED) is 0.108. The molecule has 1 aliphatic carbocycles. The van der Waals surface area contributed by atoms with Gasteiger partial charge in [-0.25, -0.2) is 4.79 Å². The third kappa shape index (κ3) is 6.93. The number of aliphatic hydroxyl groups excluding tert-OH is 1. The number of non-ortho nitro benzene ring substituents is 1. The second kappa shape index (κ2) is 13.8. The van der Waals surface area contributed by atoms with Gasteiger partial charge < -0.3 is 15.2 Å². The first-order chi connectivity index (χ1) is 19.4. The highest BCUT2D eigenvalue weighted by Gasteiger charge is 2.35. The topological polar surface area (TPSA) is 119 Å². The van der Waals surface area contributed by atoms with E-state index in [4.69, 9.17) is 4.74 Å². The van der Waals surface area contributed by atoms with E-state index in [-0.39, 0.29) is 30.2 Å². The smallest absolute Gasteiger partial charge is 0.331 e. The second-order valence-corrected chi connectivity index (χ2v) is 10.2. The van der Waals surface area contributed by atoms with Crippen molar-refractivity contribution in [3.05, 3.63) is 99.6 Å². The molecule has 3 aromatic carbocycles. The number of aliphatic hydroxyl groups is 1. The minimum atomic E-state index is -1.52. The summed E-state index contributed by atoms with van der Waals surface area (Å²) in [6.45, 7) is 2.31. The van der Waals surface area contributed by atoms with Crippen molar-refractivity contribution in [1.82, 2.24) is 5.32 Å². The van der Waals surface area contributed by atoms with E-state index >= 15 is 0 Å². The van der Waals surface area contributed by atoms with Gasteiger partial charge >= 0.3 is 5.97 Å². The predicted octanol–water partition coefficient (Wildman–Crippen LogP) is 6.22. The molecular formula is C32H36N2O6. The molecule has 0 spiro atoms. The summed E-state index contributed by atoms with van der Waals surface area (Å²) in [6, 6.07) is 19.9. The Labute approximate surface area is 234 Å². The van der Waals surface area contributed by atoms with Gasteiger partial charge in [0, 0.05) is 24.5 Å². The van der Waals surface area contributed by atoms with Gasteiger partial charge in [0.1, 0.15) is 6.10 Å². The van der Waals surface area contributed by atoms with E-state index in [1.54, 1.807) is 0 Å². The largest absolute Gasteiger partial charge is 0.464 e. The summed E-state index contributed by atoms with van der Waals surface area (Å²) in [5.41, 5.74) is 4.12. The fourth-order valence-corrected chi connectivity index (χ4v) is 5.32. The normalized spacial score (nSPS) is 13.7. The zero-order chi connectivity index (χ0) is 28.5. The molecule has 0 aliphatic heterocycles. The van der Waals surface area contributed by atoms with E-state index in [1.165, 1.54) is 30.7 Å². The highest BCUT2D eigenvalue weighted by Crippen LogP contribution is 2.46. The number of rotatable bonds is 14. The van der Waals surface area contributed by atoms with Crippen LogP contribution in [0.4, 0.5) is 5.69 Å². The first-order valence-electron chi connectivity index (χ1n) is 14.0. The van der Waals surface area contributed by atoms with Crippen LogP contribution in [-0.2, 0) is 14.3 Å². The summed E-state index contributed by atoms with van der Waals surface area (Å²) in [5.74, 6) is -1.40. The molecule has 1 amide bonds. The Morgan fingerprint density at radius 2 is 1.55 bits per heavy atom. The minimum absolute atomic E-state index is 0.0664. The number of carbonyl (C=O) groups is 2. The molecule has 4 rings (SSSR count). The number of carbonyl (C=O) groups excluding carboxylic acids is 2. The van der Waals surface area contributed by atoms with Gasteiger partial charge in [0.05, 0.1) is 11.5 Å². The van der Waals surface area contributed by atoms with E-state index in [0.717, 1.165) is 47.9 Å². The number of unbranched alkanes of at least 4 members (excludes halogenated alkanes) is 5. The molecule has 8 nitrogen and oxygen atoms in total. The van der Waals surface area contributed by atoms with Gasteiger partial charge in [-0.15, -0.1) is 0 Å². The van der Waals surface area contributed by atoms with Crippen molar-refractivity contribution >= 4 is 17.6 Å². The number of hydrogen-bond donors (Lipinski definition) is 2. The molecule has 0 saturated carbocycles. The van der Waals surface area contributed by atoms with Crippen LogP contribution >= 0.6 is 0 Å². The molecule has 0 aromatic heterocycles. The van der Waals surface area contributed by atoms with E-state index in [1.807, 2.05) is 48.5 Å². The lowest BCUT2D eigenvalue weighted by molar-refractivity contribution is -0.385. The standard InChI is InChI=1S/C32H36N2O6/c1-2-3-4-5-6-11-19-40-32(37)30(31(36)22-13-12-14-23(20-22)34(38)39)33-29(35)21-28-26-17-9-7-15-24(26)25-16-8-10-18-27(25)28/h7-10,12-18,20,28,30-31,36H,2-6,11,19,21H2,1H3,(H,33,35)/t30-,31-/m1/s1. The maximum Gasteiger partial charge on any atom is 0.331 e. The molecule has 210 valence electrons. The van der Waals surface area contributed by atoms with Crippen LogP contribution in [0.1, 0.15) is 80.6 Å². The van der Waals surface area contributed by atoms with E-state index in [0.29, 0.717) is 6.42 Å². The van der Waals surface area contributed by atoms with Crippen molar-refractivity contribution in [1.29, 1.82) is 0 Å². The maximum atomic E-state index is 13.4. The first kappa shape index (κ1) is 29.0. The number of ether oxygens (including phenoxy) is 1. The van der Waals surface area contributed by atoms with Crippen LogP contribution < -0.4 is 5.32 Å². The average molecular weight is 545 g/mol. The van der Waals surface area contributed by atoms with Gasteiger partial charge in [-0.05, 0) is 34.2 Å². The molecule has 0 bridgehead atoms. The molecule has 3 aromatic rings. The van der Waals surface area contributed by atoms with Crippen LogP contribution in [0.3, 0.4) is 0 Å². The monoisotopic (exact) mass is 544 g/mol. The summed E-state index contributed by atoms with van der Waals surface area (Å²) in [4.78, 5) is 37.2. The number of benzene rings is 3. The molecule has 2 N–H and O–H groups in total. The van der Waals surface area contributed by atoms with E-state index < -0.39 is 28.9 Å². The zero-order valence-electron chi connectivity index (χ0n) is 22.8. The molecule has 40 heavy (non-hydrogen) atoms. The lowest BCUT2D eigenvalue weighted by atomic mass is 9.93. The number of nitro benzene ring substituents is 1. The fourth-order valence-electron chi connectivity index (χ4n) is 5.32. The van der Waals surface area contributed by atoms with Crippen LogP contribution in [-0.4, -0.2) is 34.6 Å². The number of fused-ring (bicyclic) bond motifs is 3. The third-order valence-corrected chi connectivity index (χ3v) is 7.40. The molecule has 8 heteroatoms. The molecule has 1 aliphatic rings. The van der Waals surface area contributed by atoms with Crippen LogP contribution in [0, 0.1) is 10.1 Å². The number of nitrogens with zero attached hydrogens (tertiary/aromatic N) is 1. The van der Waals surface area contributed by atoms with Crippen molar-refractivity contribution in [2.24, 2.45) is 0 Å². The van der Waals surface area contributed by atoms with Gasteiger partial charge in [0.25, 0.3) is 5.69 Å². The highest BCUT2D eigenvalue weighted by molar-refractivity contribution is 5.88. The lowest BCUT2D eigenvalue weighted by Gasteiger charge is -2.24. The van der Waals surface area contributed by atoms with Crippen molar-refractivity contribution in [2.75, 3.05) is 6.61 Å². The van der Waals surface area contributed by atoms with Crippen LogP contribution in [0.25, 0.3) is 11.1 Å². The molecular weight excluding hydrogens is 508 g/mol. The number of esters is 1. The predicted molar refractivity (Wildman–Crippen MR) is 153 cm³/mol. The Balaban J connectivity index is 1.49. The SMILES string of the molecule is CCCCCCCCOC(=O)[C@H](NC(=O)CC1c2ccccc2-c2ccccc21)[C@H](O)c1cccc([N+](=O)[O-])c1. The van der Waals surface area contributed by atoms with Crippen molar-refractivity contribution in [2.45, 2.75) is 69.9 Å². The minimum Gasteiger partial charge on any atom is -0.464 e. The van der Waals surface area contributed by atoms with E-state index in [2.05, 4.69) is 12.2 Å². The molecule has 2 atom stereocenters. The Bertz CT molecular complexity index is 1290. The van der Waals surface area contributed by atoms with Crippen LogP contribution in [0.2, 0.25) is 0 Å². The zero-order valence-corrected chi connectivity index (χ0v) is 22.8. The summed E-state index contributed by atoms with van der Waals surface area (Å²) in [6.07, 6.45) is 4.62. The van der Waals surface area contributed by atoms with Crippen LogP contribution in [0.15, 0.2) is 72.8 Å². The Morgan fingerprint density at radius 1 is 0.925 bits per heavy atom. The average Bonchev–Trinajstić information content (AvgIpc) is 3.28. The molecule has 0 saturated heterocycles. The van der Waals surface area contributed by atoms with Gasteiger partial charge in [-0.1, -0.05) is 99.7 Å². The van der Waals surface area contributed by atoms with Gasteiger partial charge in [-0.3, -0.25) is 14.9 Å².